The summed E-state index contributed by atoms with van der Waals surface area (Å²) in [5, 5.41) is 133. The van der Waals surface area contributed by atoms with Crippen LogP contribution >= 0.6 is 66.4 Å². The van der Waals surface area contributed by atoms with Gasteiger partial charge in [-0.05, 0) is 201 Å². The Kier molecular flexibility index (Phi) is 56.0. The summed E-state index contributed by atoms with van der Waals surface area (Å²) in [4.78, 5) is 9.93. The van der Waals surface area contributed by atoms with Crippen molar-refractivity contribution in [2.75, 3.05) is 13.1 Å². The smallest absolute Gasteiger partial charge is 0.871 e. The molecule has 4 aromatic heterocycles. The number of nitrogens with one attached hydrogen (secondary N) is 3. The van der Waals surface area contributed by atoms with Crippen LogP contribution < -0.4 is 287 Å². The van der Waals surface area contributed by atoms with E-state index in [1.54, 1.807) is 0 Å². The van der Waals surface area contributed by atoms with Crippen LogP contribution in [0.4, 0.5) is 45.5 Å². The van der Waals surface area contributed by atoms with Crippen molar-refractivity contribution in [3.63, 3.8) is 0 Å². The van der Waals surface area contributed by atoms with Crippen molar-refractivity contribution >= 4 is 189 Å². The minimum Gasteiger partial charge on any atom is -0.871 e. The number of nitrogens with zero attached hydrogens (tertiary/aromatic N) is 15. The van der Waals surface area contributed by atoms with Gasteiger partial charge < -0.3 is 49.4 Å². The van der Waals surface area contributed by atoms with E-state index in [1.165, 1.54) is 131 Å². The fraction of sp³-hybridized carbons (Fsp3) is 0.0909. The molecule has 0 saturated carbocycles. The number of sulfonamides is 2. The summed E-state index contributed by atoms with van der Waals surface area (Å²) in [5.74, 6) is -6.69. The van der Waals surface area contributed by atoms with Crippen molar-refractivity contribution in [2.45, 2.75) is 66.9 Å². The molecule has 6 N–H and O–H groups in total. The molecule has 138 heavy (non-hydrogen) atoms. The van der Waals surface area contributed by atoms with Crippen molar-refractivity contribution in [1.82, 2.24) is 48.6 Å². The summed E-state index contributed by atoms with van der Waals surface area (Å²) in [6, 6.07) is 31.0. The molecule has 0 amide bonds. The van der Waals surface area contributed by atoms with Gasteiger partial charge in [0.05, 0.1) is 87.9 Å². The van der Waals surface area contributed by atoms with Gasteiger partial charge in [0.15, 0.2) is 24.0 Å². The monoisotopic (exact) mass is 2310 g/mol. The molecule has 0 aliphatic heterocycles. The number of azo groups is 4. The van der Waals surface area contributed by atoms with Gasteiger partial charge in [-0.3, -0.25) is 23.6 Å². The molecule has 0 unspecified atom stereocenters. The first-order chi connectivity index (χ1) is 59.4. The Balaban J connectivity index is 0.00000216. The van der Waals surface area contributed by atoms with E-state index in [2.05, 4.69) is 70.8 Å². The van der Waals surface area contributed by atoms with E-state index in [0.29, 0.717) is 17.8 Å². The molecular formula is C66H48Cl2Cr2N18Na8O30S12+4. The molecule has 0 aliphatic carbocycles. The summed E-state index contributed by atoms with van der Waals surface area (Å²) < 4.78 is 253. The van der Waals surface area contributed by atoms with Crippen LogP contribution in [-0.2, 0) is 112 Å². The average molecular weight is 2320 g/mol. The zero-order chi connectivity index (χ0) is 94.5. The van der Waals surface area contributed by atoms with Crippen LogP contribution in [0.2, 0.25) is 10.0 Å². The van der Waals surface area contributed by atoms with E-state index >= 15 is 0 Å². The number of hydrogen-bond acceptors (Lipinski definition) is 42. The molecule has 0 bridgehead atoms. The van der Waals surface area contributed by atoms with Crippen LogP contribution in [0.1, 0.15) is 22.8 Å². The Morgan fingerprint density at radius 3 is 1.07 bits per heavy atom. The van der Waals surface area contributed by atoms with E-state index in [9.17, 15) is 122 Å². The normalized spacial score (nSPS) is 11.7. The molecule has 12 aromatic rings. The van der Waals surface area contributed by atoms with E-state index in [1.807, 2.05) is 0 Å². The molecule has 684 valence electrons. The maximum Gasteiger partial charge on any atom is 3.00 e. The third-order valence-corrected chi connectivity index (χ3v) is 28.5. The topological polar surface area (TPSA) is 779 Å². The van der Waals surface area contributed by atoms with Crippen LogP contribution in [0.3, 0.4) is 0 Å². The first-order valence-electron chi connectivity index (χ1n) is 33.8. The molecule has 2 radical (unpaired) electrons. The number of para-hydroxylation sites is 1. The Morgan fingerprint density at radius 1 is 0.384 bits per heavy atom. The maximum absolute atomic E-state index is 13.1. The van der Waals surface area contributed by atoms with Crippen molar-refractivity contribution in [3.05, 3.63) is 201 Å². The van der Waals surface area contributed by atoms with E-state index in [-0.39, 0.29) is 412 Å². The van der Waals surface area contributed by atoms with Gasteiger partial charge in [0.2, 0.25) is 20.0 Å². The van der Waals surface area contributed by atoms with Crippen molar-refractivity contribution in [1.29, 1.82) is 0 Å². The van der Waals surface area contributed by atoms with Gasteiger partial charge >= 0.3 is 289 Å². The van der Waals surface area contributed by atoms with Crippen molar-refractivity contribution in [3.8, 4) is 63.4 Å². The number of H-pyrrole nitrogens is 1. The summed E-state index contributed by atoms with van der Waals surface area (Å²) >= 11 is 11.5. The molecule has 0 spiro atoms. The van der Waals surface area contributed by atoms with Gasteiger partial charge in [-0.1, -0.05) is 52.3 Å². The second-order valence-corrected chi connectivity index (χ2v) is 44.9. The Bertz CT molecular complexity index is 7600. The van der Waals surface area contributed by atoms with Gasteiger partial charge in [-0.15, -0.1) is 20.5 Å². The van der Waals surface area contributed by atoms with Crippen LogP contribution in [0.5, 0.6) is 40.6 Å². The van der Waals surface area contributed by atoms with Gasteiger partial charge in [0, 0.05) is 81.9 Å². The quantitative estimate of drug-likeness (QED) is 0.00833. The van der Waals surface area contributed by atoms with Crippen molar-refractivity contribution in [2.24, 2.45) is 40.9 Å². The number of rotatable bonds is 29. The molecule has 0 saturated heterocycles. The third kappa shape index (κ3) is 37.8. The van der Waals surface area contributed by atoms with Crippen LogP contribution in [0, 0.1) is 27.7 Å². The fourth-order valence-corrected chi connectivity index (χ4v) is 20.5. The molecule has 4 heterocycles. The van der Waals surface area contributed by atoms with Crippen LogP contribution in [-0.4, -0.2) is 147 Å². The number of aromatic nitrogens is 8. The summed E-state index contributed by atoms with van der Waals surface area (Å²) in [5.41, 5.74) is -2.16. The first-order valence-corrected chi connectivity index (χ1v) is 51.4. The predicted octanol–water partition coefficient (Wildman–Crippen LogP) is -16.9. The minimum atomic E-state index is -5.11. The largest absolute Gasteiger partial charge is 3.00 e. The summed E-state index contributed by atoms with van der Waals surface area (Å²) in [7, 11) is -36.2. The molecule has 8 aromatic carbocycles. The number of aryl methyl sites for hydroxylation is 4. The first kappa shape index (κ1) is 136. The molecule has 12 rings (SSSR count). The van der Waals surface area contributed by atoms with Crippen molar-refractivity contribution < 1.29 is 402 Å². The second-order valence-electron chi connectivity index (χ2n) is 24.9. The Morgan fingerprint density at radius 2 is 0.710 bits per heavy atom. The maximum atomic E-state index is 13.1. The molecule has 0 atom stereocenters. The Hall–Kier alpha value is -2.28. The number of hydrogen-bond donors (Lipinski definition) is 6. The standard InChI is InChI=1S/C34H32N10O14S6.2C16H13ClN4O8S3.2Cr.8Na/c1-19-30(33(47)43(41-19)21-6-10-23(11-7-21)59-63(53,54)55)39-37-26-15-14-25(18-28(26)45)61(49,50)35-16-17-36-62(51,52)29-5-3-4-27(32(29)46)38-40-31-20(2)42-44(34(31)48)22-8-12-24(13-9-22)60-64(56,57)58;2*1-8-14(19-18-12-6-9(17)7-13(15(12)22)31(24,25)26)16(23)21(20-8)10-2-4-11(5-3-10)30-32(27,28)29;;;;;;;;;;/h3-15,18,35-36,45-48H,16-17H2,1-2H3,(H,53,54,55)(H,56,57,58);2-7,22-23H,1H3,(H,24,25,26)(H,27,28,29);2-7,20,22H,1H3,(H,24,25,26)(H,27,28,29);;;;;;;;;;/q;;;2*+3;8*+1/p-10. The Labute approximate surface area is 1010 Å². The zero-order valence-corrected chi connectivity index (χ0v) is 102. The summed E-state index contributed by atoms with van der Waals surface area (Å²) in [6.07, 6.45) is 0. The van der Waals surface area contributed by atoms with Crippen LogP contribution in [0.25, 0.3) is 22.7 Å². The predicted molar refractivity (Wildman–Crippen MR) is 439 cm³/mol. The van der Waals surface area contributed by atoms with Gasteiger partial charge in [-0.25, -0.2) is 70.3 Å². The molecular weight excluding hydrogens is 2270 g/mol. The molecule has 0 aliphatic rings. The summed E-state index contributed by atoms with van der Waals surface area (Å²) in [6.45, 7) is 4.65. The molecule has 72 heteroatoms. The zero-order valence-electron chi connectivity index (χ0n) is 72.5. The molecule has 48 nitrogen and oxygen atoms in total. The van der Waals surface area contributed by atoms with Gasteiger partial charge in [-0.2, -0.15) is 61.0 Å². The van der Waals surface area contributed by atoms with Crippen LogP contribution in [0.15, 0.2) is 243 Å². The minimum absolute atomic E-state index is 0. The fourth-order valence-electron chi connectivity index (χ4n) is 10.4. The van der Waals surface area contributed by atoms with E-state index in [0.717, 1.165) is 61.2 Å². The average Bonchev–Trinajstić information content (AvgIpc) is 1.81. The SMILES string of the molecule is Cc1[nH]n(-c2ccc(SS(=O)(=O)O)cc2)c(=O)c1N=Nc1cc(Cl)cc(S(=O)(=O)O)c1[O-].Cc1nn(-c2ccc(SS(=O)(=O)O)cc2)c([O-])c1N=Nc1cc(Cl)cc(S(=O)(=O)[O-])c1[O-].Cc1nn(-c2ccc(SS(=O)(=O)[O-])cc2)c([O-])c1N=Nc1ccc(S(=O)(=O)NCCNS(=O)(=O)c2cccc(N=Nc3c(C)nn(-c4ccc(SS(=O)(=O)[O-])cc4)c3[O-])c2[O-])cc1[O-].[Cr+3].[Cr+3].[Na+].[Na+].[Na+].[Na+].[Na+].[Na+].[Na+].[Na+]. The molecule has 0 fully saturated rings. The van der Waals surface area contributed by atoms with Gasteiger partial charge in [0.25, 0.3) is 15.7 Å². The number of halogens is 2. The number of aromatic amines is 1. The van der Waals surface area contributed by atoms with E-state index in [4.69, 9.17) is 36.9 Å². The van der Waals surface area contributed by atoms with E-state index < -0.39 is 173 Å². The van der Waals surface area contributed by atoms with Gasteiger partial charge in [0.1, 0.15) is 27.2 Å². The second kappa shape index (κ2) is 56.9. The number of benzene rings is 8. The third-order valence-electron chi connectivity index (χ3n) is 15.9.